The van der Waals surface area contributed by atoms with Crippen molar-refractivity contribution in [3.05, 3.63) is 89.5 Å². The smallest absolute Gasteiger partial charge is 0.263 e. The zero-order valence-corrected chi connectivity index (χ0v) is 18.8. The van der Waals surface area contributed by atoms with Gasteiger partial charge in [0.05, 0.1) is 15.9 Å². The second kappa shape index (κ2) is 7.73. The van der Waals surface area contributed by atoms with Crippen LogP contribution in [0.2, 0.25) is 0 Å². The number of benzene rings is 3. The summed E-state index contributed by atoms with van der Waals surface area (Å²) in [5.41, 5.74) is 4.77. The number of nitriles is 1. The van der Waals surface area contributed by atoms with Crippen molar-refractivity contribution >= 4 is 38.0 Å². The molecule has 3 aromatic carbocycles. The van der Waals surface area contributed by atoms with Crippen LogP contribution in [0.3, 0.4) is 0 Å². The van der Waals surface area contributed by atoms with Crippen molar-refractivity contribution in [3.8, 4) is 11.8 Å². The number of fused-ring (bicyclic) bond motifs is 2. The fraction of sp³-hybridized carbons (Fsp3) is 0.0800. The molecule has 1 N–H and O–H groups in total. The Morgan fingerprint density at radius 2 is 1.42 bits per heavy atom. The van der Waals surface area contributed by atoms with Crippen LogP contribution >= 0.6 is 0 Å². The van der Waals surface area contributed by atoms with Crippen molar-refractivity contribution in [3.63, 3.8) is 0 Å². The van der Waals surface area contributed by atoms with Crippen LogP contribution in [0.1, 0.15) is 16.7 Å². The van der Waals surface area contributed by atoms with E-state index >= 15 is 0 Å². The minimum Gasteiger partial charge on any atom is -0.277 e. The number of rotatable bonds is 4. The van der Waals surface area contributed by atoms with E-state index in [1.165, 1.54) is 12.1 Å². The number of nitrogens with one attached hydrogen (secondary N) is 1. The van der Waals surface area contributed by atoms with Gasteiger partial charge in [-0.1, -0.05) is 47.5 Å². The van der Waals surface area contributed by atoms with E-state index in [9.17, 15) is 13.7 Å². The maximum Gasteiger partial charge on any atom is 0.263 e. The van der Waals surface area contributed by atoms with Gasteiger partial charge in [0.2, 0.25) is 0 Å². The molecule has 0 fully saturated rings. The molecule has 0 bridgehead atoms. The van der Waals surface area contributed by atoms with Gasteiger partial charge < -0.3 is 0 Å². The summed E-state index contributed by atoms with van der Waals surface area (Å²) in [7, 11) is -3.97. The fourth-order valence-electron chi connectivity index (χ4n) is 3.70. The largest absolute Gasteiger partial charge is 0.277 e. The third-order valence-corrected chi connectivity index (χ3v) is 6.78. The van der Waals surface area contributed by atoms with E-state index < -0.39 is 10.0 Å². The van der Waals surface area contributed by atoms with Gasteiger partial charge in [0, 0.05) is 5.69 Å². The van der Waals surface area contributed by atoms with Gasteiger partial charge in [0.15, 0.2) is 5.65 Å². The topological polar surface area (TPSA) is 101 Å². The number of nitrogens with zero attached hydrogens (tertiary/aromatic N) is 4. The number of aromatic nitrogens is 3. The van der Waals surface area contributed by atoms with Crippen molar-refractivity contribution in [1.82, 2.24) is 14.5 Å². The summed E-state index contributed by atoms with van der Waals surface area (Å²) in [5.74, 6) is 0.104. The van der Waals surface area contributed by atoms with Gasteiger partial charge in [0.1, 0.15) is 23.0 Å². The highest BCUT2D eigenvalue weighted by Crippen LogP contribution is 2.33. The second-order valence-electron chi connectivity index (χ2n) is 7.81. The third-order valence-electron chi connectivity index (χ3n) is 5.43. The molecule has 0 aliphatic rings. The SMILES string of the molecule is Cc1ccc(-n2c(NS(=O)(=O)c3ccc(C)cc3)c(C#N)c3nc4ccccc4nc32)cc1. The first-order chi connectivity index (χ1) is 15.9. The molecule has 0 atom stereocenters. The molecule has 2 heterocycles. The molecule has 0 saturated carbocycles. The van der Waals surface area contributed by atoms with E-state index in [0.717, 1.165) is 11.1 Å². The summed E-state index contributed by atoms with van der Waals surface area (Å²) in [6.45, 7) is 3.85. The normalized spacial score (nSPS) is 11.5. The highest BCUT2D eigenvalue weighted by Gasteiger charge is 2.26. The Balaban J connectivity index is 1.82. The van der Waals surface area contributed by atoms with Crippen LogP contribution in [0.4, 0.5) is 5.82 Å². The zero-order valence-electron chi connectivity index (χ0n) is 17.9. The maximum absolute atomic E-state index is 13.3. The van der Waals surface area contributed by atoms with Gasteiger partial charge in [-0.05, 0) is 50.2 Å². The van der Waals surface area contributed by atoms with Gasteiger partial charge in [-0.2, -0.15) is 5.26 Å². The third kappa shape index (κ3) is 3.58. The van der Waals surface area contributed by atoms with E-state index in [4.69, 9.17) is 4.98 Å². The monoisotopic (exact) mass is 453 g/mol. The van der Waals surface area contributed by atoms with Gasteiger partial charge in [-0.3, -0.25) is 9.29 Å². The average Bonchev–Trinajstić information content (AvgIpc) is 3.09. The van der Waals surface area contributed by atoms with Gasteiger partial charge >= 0.3 is 0 Å². The minimum absolute atomic E-state index is 0.101. The lowest BCUT2D eigenvalue weighted by molar-refractivity contribution is 0.601. The molecule has 0 spiro atoms. The summed E-state index contributed by atoms with van der Waals surface area (Å²) in [5, 5.41) is 10.0. The van der Waals surface area contributed by atoms with Crippen molar-refractivity contribution in [2.75, 3.05) is 4.72 Å². The van der Waals surface area contributed by atoms with Gasteiger partial charge in [0.25, 0.3) is 10.0 Å². The first-order valence-electron chi connectivity index (χ1n) is 10.3. The molecule has 0 aliphatic carbocycles. The number of hydrogen-bond donors (Lipinski definition) is 1. The number of aryl methyl sites for hydroxylation is 2. The molecule has 0 unspecified atom stereocenters. The molecule has 5 aromatic rings. The Morgan fingerprint density at radius 3 is 2.03 bits per heavy atom. The summed E-state index contributed by atoms with van der Waals surface area (Å²) >= 11 is 0. The van der Waals surface area contributed by atoms with Crippen LogP contribution in [-0.4, -0.2) is 23.0 Å². The Labute approximate surface area is 191 Å². The fourth-order valence-corrected chi connectivity index (χ4v) is 4.76. The average molecular weight is 454 g/mol. The predicted octanol–water partition coefficient (Wildman–Crippen LogP) is 4.86. The molecule has 5 rings (SSSR count). The van der Waals surface area contributed by atoms with Crippen LogP contribution < -0.4 is 4.72 Å². The Hall–Kier alpha value is -4.22. The molecule has 7 nitrogen and oxygen atoms in total. The van der Waals surface area contributed by atoms with Gasteiger partial charge in [-0.15, -0.1) is 0 Å². The van der Waals surface area contributed by atoms with E-state index in [2.05, 4.69) is 15.8 Å². The number of para-hydroxylation sites is 2. The van der Waals surface area contributed by atoms with Crippen molar-refractivity contribution < 1.29 is 8.42 Å². The lowest BCUT2D eigenvalue weighted by Gasteiger charge is -2.13. The van der Waals surface area contributed by atoms with Crippen molar-refractivity contribution in [1.29, 1.82) is 5.26 Å². The lowest BCUT2D eigenvalue weighted by Crippen LogP contribution is -2.16. The highest BCUT2D eigenvalue weighted by molar-refractivity contribution is 7.92. The number of anilines is 1. The lowest BCUT2D eigenvalue weighted by atomic mass is 10.2. The summed E-state index contributed by atoms with van der Waals surface area (Å²) < 4.78 is 30.8. The molecule has 162 valence electrons. The standard InChI is InChI=1S/C25H19N5O2S/c1-16-7-11-18(12-8-16)30-24(29-33(31,32)19-13-9-17(2)10-14-19)20(15-26)23-25(30)28-22-6-4-3-5-21(22)27-23/h3-14,29H,1-2H3. The van der Waals surface area contributed by atoms with Crippen LogP contribution in [-0.2, 0) is 10.0 Å². The van der Waals surface area contributed by atoms with Gasteiger partial charge in [-0.25, -0.2) is 18.4 Å². The second-order valence-corrected chi connectivity index (χ2v) is 9.49. The maximum atomic E-state index is 13.3. The van der Waals surface area contributed by atoms with E-state index in [1.54, 1.807) is 16.7 Å². The Bertz CT molecular complexity index is 1660. The van der Waals surface area contributed by atoms with Crippen LogP contribution in [0.5, 0.6) is 0 Å². The molecule has 0 saturated heterocycles. The summed E-state index contributed by atoms with van der Waals surface area (Å²) in [4.78, 5) is 9.48. The molecule has 2 aromatic heterocycles. The Morgan fingerprint density at radius 1 is 0.848 bits per heavy atom. The zero-order chi connectivity index (χ0) is 23.2. The van der Waals surface area contributed by atoms with E-state index in [1.807, 2.05) is 62.4 Å². The first kappa shape index (κ1) is 20.7. The van der Waals surface area contributed by atoms with Crippen LogP contribution in [0, 0.1) is 25.2 Å². The van der Waals surface area contributed by atoms with Crippen LogP contribution in [0.25, 0.3) is 27.9 Å². The summed E-state index contributed by atoms with van der Waals surface area (Å²) in [6.07, 6.45) is 0. The quantitative estimate of drug-likeness (QED) is 0.419. The molecule has 33 heavy (non-hydrogen) atoms. The summed E-state index contributed by atoms with van der Waals surface area (Å²) in [6, 6.07) is 23.5. The van der Waals surface area contributed by atoms with E-state index in [-0.39, 0.29) is 16.3 Å². The van der Waals surface area contributed by atoms with E-state index in [0.29, 0.717) is 27.9 Å². The van der Waals surface area contributed by atoms with Crippen molar-refractivity contribution in [2.24, 2.45) is 0 Å². The highest BCUT2D eigenvalue weighted by atomic mass is 32.2. The predicted molar refractivity (Wildman–Crippen MR) is 128 cm³/mol. The molecule has 8 heteroatoms. The molecule has 0 aliphatic heterocycles. The first-order valence-corrected chi connectivity index (χ1v) is 11.7. The molecular weight excluding hydrogens is 434 g/mol. The Kier molecular flexibility index (Phi) is 4.84. The number of sulfonamides is 1. The molecule has 0 radical (unpaired) electrons. The molecular formula is C25H19N5O2S. The minimum atomic E-state index is -3.97. The molecule has 0 amide bonds. The van der Waals surface area contributed by atoms with Crippen LogP contribution in [0.15, 0.2) is 77.7 Å². The van der Waals surface area contributed by atoms with Crippen molar-refractivity contribution in [2.45, 2.75) is 18.7 Å². The number of hydrogen-bond acceptors (Lipinski definition) is 5.